The summed E-state index contributed by atoms with van der Waals surface area (Å²) in [5.41, 5.74) is 8.09. The zero-order chi connectivity index (χ0) is 15.9. The van der Waals surface area contributed by atoms with Crippen molar-refractivity contribution < 1.29 is 0 Å². The van der Waals surface area contributed by atoms with Crippen LogP contribution in [0.3, 0.4) is 0 Å². The van der Waals surface area contributed by atoms with Crippen LogP contribution in [0.1, 0.15) is 30.5 Å². The standard InChI is InChI=1S/C18H25N5/c19-10-2-4-13-22(15-17-9-1-3-11-20-17)23-14-6-8-16-7-5-12-21-18(16)23/h1,3,5,7,9,11-12H,2,4,6,8,10,13-15,19H2. The minimum absolute atomic E-state index is 0.742. The van der Waals surface area contributed by atoms with Crippen LogP contribution in [-0.4, -0.2) is 34.6 Å². The summed E-state index contributed by atoms with van der Waals surface area (Å²) in [5, 5.41) is 4.72. The van der Waals surface area contributed by atoms with Gasteiger partial charge in [-0.15, -0.1) is 0 Å². The number of aryl methyl sites for hydroxylation is 1. The van der Waals surface area contributed by atoms with Crippen LogP contribution in [0.5, 0.6) is 0 Å². The number of aromatic nitrogens is 2. The maximum atomic E-state index is 5.67. The van der Waals surface area contributed by atoms with E-state index in [4.69, 9.17) is 5.73 Å². The molecule has 0 unspecified atom stereocenters. The zero-order valence-electron chi connectivity index (χ0n) is 13.6. The smallest absolute Gasteiger partial charge is 0.146 e. The lowest BCUT2D eigenvalue weighted by atomic mass is 10.1. The van der Waals surface area contributed by atoms with Crippen molar-refractivity contribution in [2.24, 2.45) is 5.73 Å². The molecular formula is C18H25N5. The van der Waals surface area contributed by atoms with Crippen LogP contribution in [0.4, 0.5) is 5.82 Å². The predicted octanol–water partition coefficient (Wildman–Crippen LogP) is 2.39. The third kappa shape index (κ3) is 4.06. The Morgan fingerprint density at radius 3 is 2.83 bits per heavy atom. The minimum atomic E-state index is 0.742. The van der Waals surface area contributed by atoms with Crippen molar-refractivity contribution in [2.75, 3.05) is 24.6 Å². The van der Waals surface area contributed by atoms with Gasteiger partial charge in [-0.2, -0.15) is 0 Å². The Morgan fingerprint density at radius 1 is 1.09 bits per heavy atom. The van der Waals surface area contributed by atoms with Gasteiger partial charge in [0.1, 0.15) is 5.82 Å². The van der Waals surface area contributed by atoms with Crippen LogP contribution < -0.4 is 10.7 Å². The Kier molecular flexibility index (Phi) is 5.56. The fraction of sp³-hybridized carbons (Fsp3) is 0.444. The summed E-state index contributed by atoms with van der Waals surface area (Å²) in [7, 11) is 0. The molecule has 0 spiro atoms. The molecule has 1 aliphatic heterocycles. The summed E-state index contributed by atoms with van der Waals surface area (Å²) < 4.78 is 0. The summed E-state index contributed by atoms with van der Waals surface area (Å²) in [6.07, 6.45) is 8.14. The molecular weight excluding hydrogens is 286 g/mol. The number of anilines is 1. The Labute approximate surface area is 138 Å². The largest absolute Gasteiger partial charge is 0.330 e. The van der Waals surface area contributed by atoms with Crippen LogP contribution >= 0.6 is 0 Å². The van der Waals surface area contributed by atoms with Crippen LogP contribution in [0.15, 0.2) is 42.7 Å². The first-order valence-corrected chi connectivity index (χ1v) is 8.45. The molecule has 2 aromatic rings. The molecule has 0 amide bonds. The van der Waals surface area contributed by atoms with Crippen LogP contribution in [0.2, 0.25) is 0 Å². The third-order valence-electron chi connectivity index (χ3n) is 4.21. The molecule has 3 heterocycles. The van der Waals surface area contributed by atoms with Crippen molar-refractivity contribution in [3.63, 3.8) is 0 Å². The van der Waals surface area contributed by atoms with Crippen molar-refractivity contribution in [1.29, 1.82) is 0 Å². The van der Waals surface area contributed by atoms with E-state index >= 15 is 0 Å². The molecule has 5 nitrogen and oxygen atoms in total. The Morgan fingerprint density at radius 2 is 2.00 bits per heavy atom. The van der Waals surface area contributed by atoms with Gasteiger partial charge in [0.15, 0.2) is 0 Å². The molecule has 23 heavy (non-hydrogen) atoms. The molecule has 0 radical (unpaired) electrons. The van der Waals surface area contributed by atoms with Gasteiger partial charge in [0, 0.05) is 25.5 Å². The second-order valence-corrected chi connectivity index (χ2v) is 5.92. The molecule has 2 N–H and O–H groups in total. The van der Waals surface area contributed by atoms with Gasteiger partial charge in [0.2, 0.25) is 0 Å². The monoisotopic (exact) mass is 311 g/mol. The highest BCUT2D eigenvalue weighted by atomic mass is 15.6. The maximum absolute atomic E-state index is 5.67. The minimum Gasteiger partial charge on any atom is -0.330 e. The first-order valence-electron chi connectivity index (χ1n) is 8.45. The molecule has 1 aliphatic rings. The third-order valence-corrected chi connectivity index (χ3v) is 4.21. The van der Waals surface area contributed by atoms with Crippen LogP contribution in [-0.2, 0) is 13.0 Å². The molecule has 0 aliphatic carbocycles. The Balaban J connectivity index is 1.80. The van der Waals surface area contributed by atoms with E-state index in [-0.39, 0.29) is 0 Å². The first-order chi connectivity index (χ1) is 11.4. The number of pyridine rings is 2. The van der Waals surface area contributed by atoms with E-state index in [1.807, 2.05) is 30.6 Å². The van der Waals surface area contributed by atoms with Gasteiger partial charge in [-0.3, -0.25) is 9.99 Å². The van der Waals surface area contributed by atoms with Crippen LogP contribution in [0, 0.1) is 0 Å². The molecule has 3 rings (SSSR count). The first kappa shape index (κ1) is 15.9. The van der Waals surface area contributed by atoms with Crippen molar-refractivity contribution in [2.45, 2.75) is 32.2 Å². The molecule has 2 aromatic heterocycles. The van der Waals surface area contributed by atoms with E-state index in [0.717, 1.165) is 63.4 Å². The fourth-order valence-electron chi connectivity index (χ4n) is 3.06. The number of nitrogens with zero attached hydrogens (tertiary/aromatic N) is 4. The molecule has 122 valence electrons. The molecule has 0 saturated heterocycles. The molecule has 0 fully saturated rings. The highest BCUT2D eigenvalue weighted by Crippen LogP contribution is 2.26. The molecule has 0 saturated carbocycles. The van der Waals surface area contributed by atoms with Crippen LogP contribution in [0.25, 0.3) is 0 Å². The maximum Gasteiger partial charge on any atom is 0.146 e. The van der Waals surface area contributed by atoms with Gasteiger partial charge < -0.3 is 5.73 Å². The summed E-state index contributed by atoms with van der Waals surface area (Å²) in [5.74, 6) is 1.10. The van der Waals surface area contributed by atoms with Crippen molar-refractivity contribution in [1.82, 2.24) is 15.0 Å². The fourth-order valence-corrected chi connectivity index (χ4v) is 3.06. The van der Waals surface area contributed by atoms with Crippen molar-refractivity contribution >= 4 is 5.82 Å². The summed E-state index contributed by atoms with van der Waals surface area (Å²) in [6, 6.07) is 10.3. The SMILES string of the molecule is NCCCCN(Cc1ccccn1)N1CCCc2cccnc21. The average Bonchev–Trinajstić information content (AvgIpc) is 2.61. The lowest BCUT2D eigenvalue weighted by molar-refractivity contribution is 0.225. The lowest BCUT2D eigenvalue weighted by Gasteiger charge is -2.39. The number of hydrogen-bond donors (Lipinski definition) is 1. The van der Waals surface area contributed by atoms with E-state index < -0.39 is 0 Å². The number of rotatable bonds is 7. The molecule has 0 atom stereocenters. The quantitative estimate of drug-likeness (QED) is 0.796. The van der Waals surface area contributed by atoms with Crippen molar-refractivity contribution in [3.8, 4) is 0 Å². The number of fused-ring (bicyclic) bond motifs is 1. The summed E-state index contributed by atoms with van der Waals surface area (Å²) in [4.78, 5) is 9.11. The molecule has 0 aromatic carbocycles. The lowest BCUT2D eigenvalue weighted by Crippen LogP contribution is -2.46. The van der Waals surface area contributed by atoms with E-state index in [0.29, 0.717) is 0 Å². The number of nitrogens with two attached hydrogens (primary N) is 1. The number of hydrogen-bond acceptors (Lipinski definition) is 5. The van der Waals surface area contributed by atoms with Gasteiger partial charge >= 0.3 is 0 Å². The predicted molar refractivity (Wildman–Crippen MR) is 92.8 cm³/mol. The normalized spacial score (nSPS) is 14.1. The second-order valence-electron chi connectivity index (χ2n) is 5.92. The zero-order valence-corrected chi connectivity index (χ0v) is 13.6. The van der Waals surface area contributed by atoms with Gasteiger partial charge in [0.25, 0.3) is 0 Å². The highest BCUT2D eigenvalue weighted by molar-refractivity contribution is 5.47. The van der Waals surface area contributed by atoms with Gasteiger partial charge in [-0.25, -0.2) is 9.99 Å². The van der Waals surface area contributed by atoms with E-state index in [9.17, 15) is 0 Å². The second kappa shape index (κ2) is 8.04. The summed E-state index contributed by atoms with van der Waals surface area (Å²) in [6.45, 7) is 3.54. The number of unbranched alkanes of at least 4 members (excludes halogenated alkanes) is 1. The average molecular weight is 311 g/mol. The van der Waals surface area contributed by atoms with Crippen molar-refractivity contribution in [3.05, 3.63) is 54.0 Å². The van der Waals surface area contributed by atoms with E-state index in [1.165, 1.54) is 5.56 Å². The Hall–Kier alpha value is -1.98. The van der Waals surface area contributed by atoms with Gasteiger partial charge in [-0.1, -0.05) is 12.1 Å². The summed E-state index contributed by atoms with van der Waals surface area (Å²) >= 11 is 0. The molecule has 0 bridgehead atoms. The Bertz CT molecular complexity index is 601. The molecule has 5 heteroatoms. The topological polar surface area (TPSA) is 58.3 Å². The van der Waals surface area contributed by atoms with Gasteiger partial charge in [-0.05, 0) is 56.0 Å². The number of hydrazine groups is 1. The van der Waals surface area contributed by atoms with Gasteiger partial charge in [0.05, 0.1) is 12.2 Å². The van der Waals surface area contributed by atoms with E-state index in [2.05, 4.69) is 32.1 Å². The van der Waals surface area contributed by atoms with E-state index in [1.54, 1.807) is 0 Å². The highest BCUT2D eigenvalue weighted by Gasteiger charge is 2.23.